The fraction of sp³-hybridized carbons (Fsp3) is 0.0526. The second-order valence-corrected chi connectivity index (χ2v) is 5.98. The average Bonchev–Trinajstić information content (AvgIpc) is 2.67. The first kappa shape index (κ1) is 18.3. The van der Waals surface area contributed by atoms with E-state index in [1.807, 2.05) is 12.1 Å². The molecule has 7 nitrogen and oxygen atoms in total. The van der Waals surface area contributed by atoms with Crippen LogP contribution in [0.25, 0.3) is 10.8 Å². The van der Waals surface area contributed by atoms with Crippen LogP contribution in [0.5, 0.6) is 5.75 Å². The van der Waals surface area contributed by atoms with Crippen molar-refractivity contribution in [3.05, 3.63) is 75.3 Å². The number of benzene rings is 3. The van der Waals surface area contributed by atoms with Crippen LogP contribution in [0.4, 0.5) is 11.4 Å². The Hall–Kier alpha value is -3.45. The molecule has 0 aliphatic carbocycles. The Balaban J connectivity index is 1.73. The molecule has 0 aliphatic rings. The Bertz CT molecular complexity index is 1050. The van der Waals surface area contributed by atoms with Gasteiger partial charge < -0.3 is 10.1 Å². The van der Waals surface area contributed by atoms with Gasteiger partial charge in [-0.3, -0.25) is 19.7 Å². The molecule has 1 N–H and O–H groups in total. The van der Waals surface area contributed by atoms with Crippen molar-refractivity contribution >= 4 is 45.9 Å². The molecule has 0 spiro atoms. The molecule has 0 radical (unpaired) electrons. The van der Waals surface area contributed by atoms with Gasteiger partial charge in [0.05, 0.1) is 10.5 Å². The second kappa shape index (κ2) is 7.84. The molecular formula is C19H13ClN2O5. The van der Waals surface area contributed by atoms with Crippen molar-refractivity contribution in [1.82, 2.24) is 0 Å². The Morgan fingerprint density at radius 3 is 2.70 bits per heavy atom. The van der Waals surface area contributed by atoms with Gasteiger partial charge in [-0.2, -0.15) is 0 Å². The maximum absolute atomic E-state index is 12.1. The van der Waals surface area contributed by atoms with Gasteiger partial charge in [-0.1, -0.05) is 41.9 Å². The minimum absolute atomic E-state index is 0.0268. The van der Waals surface area contributed by atoms with Crippen LogP contribution < -0.4 is 10.1 Å². The normalized spacial score (nSPS) is 10.4. The van der Waals surface area contributed by atoms with Crippen LogP contribution in [0.15, 0.2) is 54.6 Å². The van der Waals surface area contributed by atoms with Gasteiger partial charge in [-0.25, -0.2) is 0 Å². The highest BCUT2D eigenvalue weighted by Crippen LogP contribution is 2.28. The molecule has 0 aromatic heterocycles. The van der Waals surface area contributed by atoms with Crippen molar-refractivity contribution in [2.75, 3.05) is 11.9 Å². The van der Waals surface area contributed by atoms with E-state index in [0.717, 1.165) is 16.8 Å². The molecule has 3 aromatic rings. The van der Waals surface area contributed by atoms with Gasteiger partial charge in [0.15, 0.2) is 12.9 Å². The molecule has 8 heteroatoms. The monoisotopic (exact) mass is 384 g/mol. The van der Waals surface area contributed by atoms with Crippen LogP contribution in [-0.4, -0.2) is 23.7 Å². The van der Waals surface area contributed by atoms with Crippen LogP contribution in [0.2, 0.25) is 5.02 Å². The lowest BCUT2D eigenvalue weighted by Gasteiger charge is -2.11. The zero-order valence-electron chi connectivity index (χ0n) is 13.8. The van der Waals surface area contributed by atoms with Crippen molar-refractivity contribution < 1.29 is 19.2 Å². The third-order valence-corrected chi connectivity index (χ3v) is 4.15. The Morgan fingerprint density at radius 1 is 1.19 bits per heavy atom. The number of rotatable bonds is 6. The first-order chi connectivity index (χ1) is 13.0. The number of aldehydes is 1. The van der Waals surface area contributed by atoms with Crippen molar-refractivity contribution in [2.24, 2.45) is 0 Å². The van der Waals surface area contributed by atoms with Gasteiger partial charge in [0.2, 0.25) is 0 Å². The predicted molar refractivity (Wildman–Crippen MR) is 102 cm³/mol. The molecule has 0 aliphatic heterocycles. The molecule has 0 unspecified atom stereocenters. The summed E-state index contributed by atoms with van der Waals surface area (Å²) in [7, 11) is 0. The minimum atomic E-state index is -0.639. The van der Waals surface area contributed by atoms with Crippen molar-refractivity contribution in [1.29, 1.82) is 0 Å². The molecule has 0 fully saturated rings. The minimum Gasteiger partial charge on any atom is -0.483 e. The summed E-state index contributed by atoms with van der Waals surface area (Å²) in [5, 5.41) is 15.0. The van der Waals surface area contributed by atoms with Crippen molar-refractivity contribution in [2.45, 2.75) is 0 Å². The summed E-state index contributed by atoms with van der Waals surface area (Å²) in [6.45, 7) is -0.365. The van der Waals surface area contributed by atoms with E-state index in [-0.39, 0.29) is 28.8 Å². The van der Waals surface area contributed by atoms with E-state index in [9.17, 15) is 19.7 Å². The molecule has 136 valence electrons. The molecule has 27 heavy (non-hydrogen) atoms. The summed E-state index contributed by atoms with van der Waals surface area (Å²) in [6, 6.07) is 14.7. The Kier molecular flexibility index (Phi) is 5.33. The number of nitro groups is 1. The largest absolute Gasteiger partial charge is 0.483 e. The van der Waals surface area contributed by atoms with E-state index in [1.54, 1.807) is 24.3 Å². The van der Waals surface area contributed by atoms with E-state index < -0.39 is 10.8 Å². The maximum Gasteiger partial charge on any atom is 0.289 e. The summed E-state index contributed by atoms with van der Waals surface area (Å²) in [6.07, 6.45) is 0.679. The van der Waals surface area contributed by atoms with Crippen LogP contribution >= 0.6 is 11.6 Å². The quantitative estimate of drug-likeness (QED) is 0.389. The third kappa shape index (κ3) is 4.04. The summed E-state index contributed by atoms with van der Waals surface area (Å²) in [5.74, 6) is -0.252. The summed E-state index contributed by atoms with van der Waals surface area (Å²) in [5.41, 5.74) is 0.255. The highest BCUT2D eigenvalue weighted by atomic mass is 35.5. The standard InChI is InChI=1S/C19H13ClN2O5/c20-16-7-6-13(9-17(16)22(25)26)21-19(24)11-27-18-8-5-12-3-1-2-4-14(12)15(18)10-23/h1-10H,11H2,(H,21,24). The molecule has 0 saturated heterocycles. The van der Waals surface area contributed by atoms with E-state index in [0.29, 0.717) is 11.8 Å². The Morgan fingerprint density at radius 2 is 1.96 bits per heavy atom. The zero-order valence-corrected chi connectivity index (χ0v) is 14.6. The zero-order chi connectivity index (χ0) is 19.4. The lowest BCUT2D eigenvalue weighted by atomic mass is 10.0. The van der Waals surface area contributed by atoms with Crippen LogP contribution in [-0.2, 0) is 4.79 Å². The van der Waals surface area contributed by atoms with Gasteiger partial charge in [-0.05, 0) is 29.0 Å². The molecule has 0 saturated carbocycles. The summed E-state index contributed by atoms with van der Waals surface area (Å²) >= 11 is 5.74. The highest BCUT2D eigenvalue weighted by molar-refractivity contribution is 6.32. The number of nitrogens with one attached hydrogen (secondary N) is 1. The number of nitro benzene ring substituents is 1. The van der Waals surface area contributed by atoms with Crippen LogP contribution in [0.3, 0.4) is 0 Å². The maximum atomic E-state index is 12.1. The number of hydrogen-bond acceptors (Lipinski definition) is 5. The number of halogens is 1. The second-order valence-electron chi connectivity index (χ2n) is 5.58. The number of nitrogens with zero attached hydrogens (tertiary/aromatic N) is 1. The van der Waals surface area contributed by atoms with E-state index in [2.05, 4.69) is 5.32 Å². The van der Waals surface area contributed by atoms with Gasteiger partial charge >= 0.3 is 0 Å². The van der Waals surface area contributed by atoms with E-state index >= 15 is 0 Å². The number of hydrogen-bond donors (Lipinski definition) is 1. The predicted octanol–water partition coefficient (Wildman–Crippen LogP) is 4.23. The molecule has 0 heterocycles. The van der Waals surface area contributed by atoms with Crippen molar-refractivity contribution in [3.8, 4) is 5.75 Å². The topological polar surface area (TPSA) is 98.5 Å². The molecule has 0 bridgehead atoms. The lowest BCUT2D eigenvalue weighted by molar-refractivity contribution is -0.384. The van der Waals surface area contributed by atoms with Crippen LogP contribution in [0.1, 0.15) is 10.4 Å². The SMILES string of the molecule is O=Cc1c(OCC(=O)Nc2ccc(Cl)c([N+](=O)[O-])c2)ccc2ccccc12. The number of fused-ring (bicyclic) bond motifs is 1. The molecular weight excluding hydrogens is 372 g/mol. The van der Waals surface area contributed by atoms with Gasteiger partial charge in [0, 0.05) is 11.8 Å². The first-order valence-corrected chi connectivity index (χ1v) is 8.21. The van der Waals surface area contributed by atoms with Gasteiger partial charge in [-0.15, -0.1) is 0 Å². The summed E-state index contributed by atoms with van der Waals surface area (Å²) in [4.78, 5) is 33.8. The highest BCUT2D eigenvalue weighted by Gasteiger charge is 2.15. The lowest BCUT2D eigenvalue weighted by Crippen LogP contribution is -2.20. The molecule has 1 amide bonds. The molecule has 3 rings (SSSR count). The third-order valence-electron chi connectivity index (χ3n) is 3.83. The summed E-state index contributed by atoms with van der Waals surface area (Å²) < 4.78 is 5.47. The van der Waals surface area contributed by atoms with Crippen LogP contribution in [0, 0.1) is 10.1 Å². The number of ether oxygens (including phenoxy) is 1. The average molecular weight is 385 g/mol. The smallest absolute Gasteiger partial charge is 0.289 e. The van der Waals surface area contributed by atoms with Gasteiger partial charge in [0.25, 0.3) is 11.6 Å². The number of amides is 1. The van der Waals surface area contributed by atoms with Gasteiger partial charge in [0.1, 0.15) is 10.8 Å². The first-order valence-electron chi connectivity index (χ1n) is 7.83. The van der Waals surface area contributed by atoms with Crippen molar-refractivity contribution in [3.63, 3.8) is 0 Å². The molecule has 3 aromatic carbocycles. The van der Waals surface area contributed by atoms with E-state index in [1.165, 1.54) is 12.1 Å². The Labute approximate surface area is 158 Å². The fourth-order valence-electron chi connectivity index (χ4n) is 2.59. The number of carbonyl (C=O) groups is 2. The molecule has 0 atom stereocenters. The van der Waals surface area contributed by atoms with E-state index in [4.69, 9.17) is 16.3 Å². The fourth-order valence-corrected chi connectivity index (χ4v) is 2.78. The number of anilines is 1. The number of carbonyl (C=O) groups excluding carboxylic acids is 2.